The van der Waals surface area contributed by atoms with Crippen LogP contribution in [-0.2, 0) is 9.47 Å². The molecule has 0 aromatic heterocycles. The molecule has 1 heterocycles. The van der Waals surface area contributed by atoms with E-state index in [-0.39, 0.29) is 11.9 Å². The van der Waals surface area contributed by atoms with E-state index in [9.17, 15) is 5.11 Å². The average molecular weight is 363 g/mol. The van der Waals surface area contributed by atoms with Gasteiger partial charge in [0.2, 0.25) is 0 Å². The van der Waals surface area contributed by atoms with Gasteiger partial charge in [-0.05, 0) is 99.2 Å². The van der Waals surface area contributed by atoms with E-state index in [0.29, 0.717) is 16.7 Å². The lowest BCUT2D eigenvalue weighted by Gasteiger charge is -2.61. The molecule has 5 rings (SSSR count). The van der Waals surface area contributed by atoms with Crippen LogP contribution in [0.15, 0.2) is 0 Å². The number of hydrogen-bond acceptors (Lipinski definition) is 3. The van der Waals surface area contributed by atoms with E-state index in [2.05, 4.69) is 20.8 Å². The third-order valence-corrected chi connectivity index (χ3v) is 10.1. The fraction of sp³-hybridized carbons (Fsp3) is 1.00. The predicted octanol–water partition coefficient (Wildman–Crippen LogP) is 4.77. The first-order valence-corrected chi connectivity index (χ1v) is 11.3. The molecule has 4 saturated carbocycles. The summed E-state index contributed by atoms with van der Waals surface area (Å²) in [6.07, 6.45) is 11.4. The minimum Gasteiger partial charge on any atom is -0.393 e. The summed E-state index contributed by atoms with van der Waals surface area (Å²) in [7, 11) is 0. The number of fused-ring (bicyclic) bond motifs is 5. The Labute approximate surface area is 159 Å². The molecule has 0 bridgehead atoms. The number of aliphatic hydroxyl groups is 1. The van der Waals surface area contributed by atoms with Crippen LogP contribution in [0.2, 0.25) is 0 Å². The summed E-state index contributed by atoms with van der Waals surface area (Å²) in [4.78, 5) is 0. The molecule has 0 amide bonds. The van der Waals surface area contributed by atoms with Crippen molar-refractivity contribution in [1.29, 1.82) is 0 Å². The molecule has 1 aliphatic heterocycles. The van der Waals surface area contributed by atoms with Crippen molar-refractivity contribution in [2.24, 2.45) is 40.4 Å². The molecule has 4 unspecified atom stereocenters. The maximum Gasteiger partial charge on any atom is 0.169 e. The summed E-state index contributed by atoms with van der Waals surface area (Å²) in [5.74, 6) is 3.59. The molecule has 0 aromatic carbocycles. The van der Waals surface area contributed by atoms with Crippen LogP contribution in [0.5, 0.6) is 0 Å². The van der Waals surface area contributed by atoms with Crippen molar-refractivity contribution >= 4 is 0 Å². The highest BCUT2D eigenvalue weighted by Crippen LogP contribution is 2.69. The van der Waals surface area contributed by atoms with E-state index in [1.165, 1.54) is 44.9 Å². The second-order valence-electron chi connectivity index (χ2n) is 11.0. The minimum atomic E-state index is -0.341. The van der Waals surface area contributed by atoms with Crippen LogP contribution in [-0.4, -0.2) is 30.2 Å². The molecule has 0 radical (unpaired) electrons. The Balaban J connectivity index is 1.41. The third kappa shape index (κ3) is 2.35. The van der Waals surface area contributed by atoms with E-state index in [1.807, 2.05) is 0 Å². The molecule has 3 nitrogen and oxygen atoms in total. The Morgan fingerprint density at radius 3 is 2.23 bits per heavy atom. The first kappa shape index (κ1) is 17.9. The summed E-state index contributed by atoms with van der Waals surface area (Å²) in [5, 5.41) is 10.2. The van der Waals surface area contributed by atoms with Gasteiger partial charge in [-0.1, -0.05) is 13.8 Å². The largest absolute Gasteiger partial charge is 0.393 e. The van der Waals surface area contributed by atoms with Crippen molar-refractivity contribution in [1.82, 2.24) is 0 Å². The van der Waals surface area contributed by atoms with Gasteiger partial charge >= 0.3 is 0 Å². The van der Waals surface area contributed by atoms with Crippen LogP contribution in [0.3, 0.4) is 0 Å². The first-order valence-electron chi connectivity index (χ1n) is 11.3. The van der Waals surface area contributed by atoms with Gasteiger partial charge in [0, 0.05) is 5.92 Å². The van der Waals surface area contributed by atoms with E-state index in [0.717, 1.165) is 49.7 Å². The summed E-state index contributed by atoms with van der Waals surface area (Å²) in [6.45, 7) is 8.90. The Hall–Kier alpha value is -0.120. The number of ether oxygens (including phenoxy) is 2. The van der Waals surface area contributed by atoms with Gasteiger partial charge in [0.25, 0.3) is 0 Å². The van der Waals surface area contributed by atoms with Gasteiger partial charge < -0.3 is 14.6 Å². The van der Waals surface area contributed by atoms with Crippen LogP contribution in [0, 0.1) is 40.4 Å². The van der Waals surface area contributed by atoms with Gasteiger partial charge in [0.1, 0.15) is 0 Å². The SMILES string of the molecule is CC1(C2CCC3C4CC[C@H]5C[C@H](O)CC[C@]5(C)C4CC[C@@]32C)OCCO1. The van der Waals surface area contributed by atoms with Crippen molar-refractivity contribution in [2.45, 2.75) is 90.4 Å². The van der Waals surface area contributed by atoms with E-state index < -0.39 is 0 Å². The number of hydrogen-bond donors (Lipinski definition) is 1. The molecule has 5 fully saturated rings. The van der Waals surface area contributed by atoms with Gasteiger partial charge in [-0.3, -0.25) is 0 Å². The zero-order valence-corrected chi connectivity index (χ0v) is 17.0. The predicted molar refractivity (Wildman–Crippen MR) is 102 cm³/mol. The highest BCUT2D eigenvalue weighted by Gasteiger charge is 2.63. The highest BCUT2D eigenvalue weighted by molar-refractivity contribution is 5.11. The fourth-order valence-corrected chi connectivity index (χ4v) is 8.83. The molecule has 1 N–H and O–H groups in total. The standard InChI is InChI=1S/C23H38O3/c1-21-10-8-16(24)14-15(21)4-5-17-18-6-7-20(23(3)25-12-13-26-23)22(18,2)11-9-19(17)21/h15-20,24H,4-14H2,1-3H3/t15-,16+,17?,18?,19?,20?,21-,22-/m0/s1. The van der Waals surface area contributed by atoms with Crippen LogP contribution in [0.4, 0.5) is 0 Å². The lowest BCUT2D eigenvalue weighted by atomic mass is 9.44. The summed E-state index contributed by atoms with van der Waals surface area (Å²) >= 11 is 0. The Bertz CT molecular complexity index is 556. The summed E-state index contributed by atoms with van der Waals surface area (Å²) in [5.41, 5.74) is 0.865. The summed E-state index contributed by atoms with van der Waals surface area (Å²) < 4.78 is 12.3. The maximum atomic E-state index is 10.2. The monoisotopic (exact) mass is 362 g/mol. The quantitative estimate of drug-likeness (QED) is 0.730. The van der Waals surface area contributed by atoms with E-state index in [1.54, 1.807) is 0 Å². The van der Waals surface area contributed by atoms with Crippen molar-refractivity contribution in [3.8, 4) is 0 Å². The normalized spacial score (nSPS) is 55.8. The maximum absolute atomic E-state index is 10.2. The zero-order valence-electron chi connectivity index (χ0n) is 17.0. The highest BCUT2D eigenvalue weighted by atomic mass is 16.7. The zero-order chi connectivity index (χ0) is 18.2. The van der Waals surface area contributed by atoms with Crippen molar-refractivity contribution in [3.63, 3.8) is 0 Å². The van der Waals surface area contributed by atoms with Crippen LogP contribution in [0.25, 0.3) is 0 Å². The second kappa shape index (κ2) is 5.94. The molecule has 26 heavy (non-hydrogen) atoms. The molecule has 3 heteroatoms. The summed E-state index contributed by atoms with van der Waals surface area (Å²) in [6, 6.07) is 0. The Morgan fingerprint density at radius 1 is 0.769 bits per heavy atom. The number of aliphatic hydroxyl groups excluding tert-OH is 1. The Kier molecular flexibility index (Phi) is 4.10. The molecule has 4 aliphatic carbocycles. The fourth-order valence-electron chi connectivity index (χ4n) is 8.83. The molecule has 0 aromatic rings. The molecule has 8 atom stereocenters. The topological polar surface area (TPSA) is 38.7 Å². The third-order valence-electron chi connectivity index (χ3n) is 10.1. The van der Waals surface area contributed by atoms with Crippen molar-refractivity contribution in [2.75, 3.05) is 13.2 Å². The van der Waals surface area contributed by atoms with Crippen LogP contribution in [0.1, 0.15) is 78.6 Å². The first-order chi connectivity index (χ1) is 12.4. The van der Waals surface area contributed by atoms with Crippen LogP contribution < -0.4 is 0 Å². The molecule has 0 spiro atoms. The molecule has 1 saturated heterocycles. The Morgan fingerprint density at radius 2 is 1.46 bits per heavy atom. The lowest BCUT2D eigenvalue weighted by molar-refractivity contribution is -0.218. The van der Waals surface area contributed by atoms with Crippen molar-refractivity contribution < 1.29 is 14.6 Å². The minimum absolute atomic E-state index is 0.0362. The number of rotatable bonds is 1. The van der Waals surface area contributed by atoms with E-state index in [4.69, 9.17) is 9.47 Å². The van der Waals surface area contributed by atoms with Gasteiger partial charge in [-0.25, -0.2) is 0 Å². The van der Waals surface area contributed by atoms with E-state index >= 15 is 0 Å². The molecular formula is C23H38O3. The van der Waals surface area contributed by atoms with Gasteiger partial charge in [-0.15, -0.1) is 0 Å². The van der Waals surface area contributed by atoms with Crippen molar-refractivity contribution in [3.05, 3.63) is 0 Å². The second-order valence-corrected chi connectivity index (χ2v) is 11.0. The van der Waals surface area contributed by atoms with Gasteiger partial charge in [-0.2, -0.15) is 0 Å². The molecule has 148 valence electrons. The van der Waals surface area contributed by atoms with Gasteiger partial charge in [0.15, 0.2) is 5.79 Å². The average Bonchev–Trinajstić information content (AvgIpc) is 3.19. The molecule has 5 aliphatic rings. The molecular weight excluding hydrogens is 324 g/mol. The lowest BCUT2D eigenvalue weighted by Crippen LogP contribution is -2.55. The smallest absolute Gasteiger partial charge is 0.169 e. The van der Waals surface area contributed by atoms with Gasteiger partial charge in [0.05, 0.1) is 19.3 Å². The van der Waals surface area contributed by atoms with Crippen LogP contribution >= 0.6 is 0 Å².